The Bertz CT molecular complexity index is 204. The zero-order valence-electron chi connectivity index (χ0n) is 5.68. The Morgan fingerprint density at radius 2 is 2.36 bits per heavy atom. The summed E-state index contributed by atoms with van der Waals surface area (Å²) in [6, 6.07) is 0. The zero-order valence-corrected chi connectivity index (χ0v) is 6.57. The van der Waals surface area contributed by atoms with E-state index in [1.807, 2.05) is 0 Å². The second-order valence-corrected chi connectivity index (χ2v) is 2.43. The molecule has 1 rings (SSSR count). The summed E-state index contributed by atoms with van der Waals surface area (Å²) in [6.07, 6.45) is -0.676. The van der Waals surface area contributed by atoms with Crippen molar-refractivity contribution in [1.82, 2.24) is 15.2 Å². The van der Waals surface area contributed by atoms with Crippen molar-refractivity contribution in [3.05, 3.63) is 12.2 Å². The molecule has 0 amide bonds. The molecule has 0 aliphatic rings. The van der Waals surface area contributed by atoms with Crippen LogP contribution in [0.2, 0.25) is 0 Å². The predicted molar refractivity (Wildman–Crippen MR) is 41.2 cm³/mol. The van der Waals surface area contributed by atoms with Gasteiger partial charge in [-0.2, -0.15) is 17.7 Å². The molecule has 3 N–H and O–H groups in total. The first-order chi connectivity index (χ1) is 5.25. The maximum Gasteiger partial charge on any atom is 0.155 e. The third-order valence-electron chi connectivity index (χ3n) is 1.27. The molecule has 2 atom stereocenters. The number of rotatable bonds is 3. The van der Waals surface area contributed by atoms with E-state index in [0.29, 0.717) is 0 Å². The molecule has 0 saturated heterocycles. The lowest BCUT2D eigenvalue weighted by atomic mass is 10.2. The van der Waals surface area contributed by atoms with Crippen molar-refractivity contribution in [2.24, 2.45) is 0 Å². The van der Waals surface area contributed by atoms with Gasteiger partial charge in [-0.15, -0.1) is 0 Å². The Kier molecular flexibility index (Phi) is 2.86. The third-order valence-corrected chi connectivity index (χ3v) is 1.64. The van der Waals surface area contributed by atoms with Crippen LogP contribution in [0.15, 0.2) is 6.33 Å². The van der Waals surface area contributed by atoms with Crippen LogP contribution in [0, 0.1) is 0 Å². The number of aromatic amines is 1. The van der Waals surface area contributed by atoms with Crippen molar-refractivity contribution >= 4 is 12.6 Å². The second-order valence-electron chi connectivity index (χ2n) is 2.07. The van der Waals surface area contributed by atoms with Crippen LogP contribution < -0.4 is 0 Å². The first-order valence-corrected chi connectivity index (χ1v) is 3.71. The number of hydrogen-bond donors (Lipinski definition) is 4. The van der Waals surface area contributed by atoms with E-state index < -0.39 is 12.2 Å². The third kappa shape index (κ3) is 1.92. The Morgan fingerprint density at radius 1 is 1.64 bits per heavy atom. The smallest absolute Gasteiger partial charge is 0.155 e. The average Bonchev–Trinajstić information content (AvgIpc) is 2.53. The highest BCUT2D eigenvalue weighted by molar-refractivity contribution is 7.80. The first-order valence-electron chi connectivity index (χ1n) is 3.08. The van der Waals surface area contributed by atoms with Gasteiger partial charge in [-0.05, 0) is 0 Å². The van der Waals surface area contributed by atoms with Gasteiger partial charge in [-0.3, -0.25) is 5.10 Å². The van der Waals surface area contributed by atoms with E-state index in [2.05, 4.69) is 27.8 Å². The number of thiol groups is 1. The van der Waals surface area contributed by atoms with Crippen LogP contribution in [0.25, 0.3) is 0 Å². The van der Waals surface area contributed by atoms with Gasteiger partial charge in [0, 0.05) is 5.75 Å². The molecule has 0 bridgehead atoms. The number of H-pyrrole nitrogens is 1. The molecule has 6 heteroatoms. The summed E-state index contributed by atoms with van der Waals surface area (Å²) in [4.78, 5) is 3.67. The van der Waals surface area contributed by atoms with Crippen LogP contribution in [0.1, 0.15) is 11.9 Å². The van der Waals surface area contributed by atoms with E-state index in [4.69, 9.17) is 5.11 Å². The predicted octanol–water partition coefficient (Wildman–Crippen LogP) is -0.871. The molecule has 0 aromatic carbocycles. The summed E-state index contributed by atoms with van der Waals surface area (Å²) >= 11 is 3.81. The summed E-state index contributed by atoms with van der Waals surface area (Å²) in [5.41, 5.74) is 0. The number of aliphatic hydroxyl groups excluding tert-OH is 2. The summed E-state index contributed by atoms with van der Waals surface area (Å²) < 4.78 is 0. The van der Waals surface area contributed by atoms with E-state index >= 15 is 0 Å². The van der Waals surface area contributed by atoms with Gasteiger partial charge in [0.1, 0.15) is 12.4 Å². The molecular formula is C5H9N3O2S. The van der Waals surface area contributed by atoms with Gasteiger partial charge in [0.15, 0.2) is 5.82 Å². The fourth-order valence-corrected chi connectivity index (χ4v) is 0.839. The van der Waals surface area contributed by atoms with Crippen LogP contribution in [0.3, 0.4) is 0 Å². The minimum Gasteiger partial charge on any atom is -0.389 e. The van der Waals surface area contributed by atoms with Gasteiger partial charge < -0.3 is 10.2 Å². The number of nitrogens with zero attached hydrogens (tertiary/aromatic N) is 2. The minimum absolute atomic E-state index is 0.182. The number of aromatic nitrogens is 3. The van der Waals surface area contributed by atoms with Crippen LogP contribution in [0.4, 0.5) is 0 Å². The van der Waals surface area contributed by atoms with Gasteiger partial charge in [0.2, 0.25) is 0 Å². The summed E-state index contributed by atoms with van der Waals surface area (Å²) in [6.45, 7) is 0. The van der Waals surface area contributed by atoms with Crippen molar-refractivity contribution in [3.63, 3.8) is 0 Å². The number of aliphatic hydroxyl groups is 2. The molecule has 0 aliphatic heterocycles. The van der Waals surface area contributed by atoms with Crippen molar-refractivity contribution < 1.29 is 10.2 Å². The highest BCUT2D eigenvalue weighted by Crippen LogP contribution is 2.11. The lowest BCUT2D eigenvalue weighted by Gasteiger charge is -2.11. The molecular weight excluding hydrogens is 166 g/mol. The Labute approximate surface area is 68.9 Å². The van der Waals surface area contributed by atoms with E-state index in [-0.39, 0.29) is 11.6 Å². The van der Waals surface area contributed by atoms with Gasteiger partial charge in [0.25, 0.3) is 0 Å². The molecule has 0 fully saturated rings. The Hall–Kier alpha value is -0.590. The Morgan fingerprint density at radius 3 is 2.82 bits per heavy atom. The van der Waals surface area contributed by atoms with Crippen LogP contribution in [-0.2, 0) is 0 Å². The molecule has 1 aromatic heterocycles. The average molecular weight is 175 g/mol. The van der Waals surface area contributed by atoms with Gasteiger partial charge in [-0.1, -0.05) is 0 Å². The van der Waals surface area contributed by atoms with Crippen LogP contribution >= 0.6 is 12.6 Å². The number of nitrogens with one attached hydrogen (secondary N) is 1. The van der Waals surface area contributed by atoms with Crippen LogP contribution in [0.5, 0.6) is 0 Å². The molecule has 62 valence electrons. The topological polar surface area (TPSA) is 82.0 Å². The lowest BCUT2D eigenvalue weighted by Crippen LogP contribution is -2.20. The molecule has 11 heavy (non-hydrogen) atoms. The molecule has 1 aromatic rings. The Balaban J connectivity index is 2.62. The zero-order chi connectivity index (χ0) is 8.27. The van der Waals surface area contributed by atoms with Gasteiger partial charge in [0.05, 0.1) is 6.10 Å². The molecule has 5 nitrogen and oxygen atoms in total. The lowest BCUT2D eigenvalue weighted by molar-refractivity contribution is 0.0283. The monoisotopic (exact) mass is 175 g/mol. The molecule has 2 unspecified atom stereocenters. The quantitative estimate of drug-likeness (QED) is 0.450. The normalized spacial score (nSPS) is 16.3. The first kappa shape index (κ1) is 8.51. The maximum absolute atomic E-state index is 9.25. The van der Waals surface area contributed by atoms with E-state index in [1.165, 1.54) is 6.33 Å². The van der Waals surface area contributed by atoms with Gasteiger partial charge in [-0.25, -0.2) is 4.98 Å². The highest BCUT2D eigenvalue weighted by atomic mass is 32.1. The highest BCUT2D eigenvalue weighted by Gasteiger charge is 2.18. The minimum atomic E-state index is -1.03. The van der Waals surface area contributed by atoms with Crippen molar-refractivity contribution in [2.75, 3.05) is 5.75 Å². The van der Waals surface area contributed by atoms with Gasteiger partial charge >= 0.3 is 0 Å². The van der Waals surface area contributed by atoms with Crippen molar-refractivity contribution in [2.45, 2.75) is 12.2 Å². The fourth-order valence-electron chi connectivity index (χ4n) is 0.640. The van der Waals surface area contributed by atoms with E-state index in [0.717, 1.165) is 0 Å². The summed E-state index contributed by atoms with van der Waals surface area (Å²) in [5.74, 6) is 0.438. The summed E-state index contributed by atoms with van der Waals surface area (Å²) in [7, 11) is 0. The molecule has 0 aliphatic carbocycles. The molecule has 0 spiro atoms. The van der Waals surface area contributed by atoms with E-state index in [9.17, 15) is 5.11 Å². The second kappa shape index (κ2) is 3.70. The SMILES string of the molecule is OC(CS)C(O)c1ncn[nH]1. The molecule has 1 heterocycles. The molecule has 0 saturated carbocycles. The fraction of sp³-hybridized carbons (Fsp3) is 0.600. The largest absolute Gasteiger partial charge is 0.389 e. The van der Waals surface area contributed by atoms with Crippen molar-refractivity contribution in [1.29, 1.82) is 0 Å². The van der Waals surface area contributed by atoms with Crippen LogP contribution in [-0.4, -0.2) is 37.3 Å². The maximum atomic E-state index is 9.25. The summed E-state index contributed by atoms with van der Waals surface area (Å²) in [5, 5.41) is 24.3. The standard InChI is InChI=1S/C5H9N3O2S/c9-3(1-11)4(10)5-6-2-7-8-5/h2-4,9-11H,1H2,(H,6,7,8). The molecule has 0 radical (unpaired) electrons. The van der Waals surface area contributed by atoms with Crippen molar-refractivity contribution in [3.8, 4) is 0 Å². The van der Waals surface area contributed by atoms with E-state index in [1.54, 1.807) is 0 Å². The number of hydrogen-bond acceptors (Lipinski definition) is 5.